The molecule has 0 bridgehead atoms. The van der Waals surface area contributed by atoms with Gasteiger partial charge in [0.15, 0.2) is 0 Å². The zero-order chi connectivity index (χ0) is 12.7. The van der Waals surface area contributed by atoms with Crippen molar-refractivity contribution in [2.24, 2.45) is 0 Å². The van der Waals surface area contributed by atoms with Gasteiger partial charge in [-0.05, 0) is 40.9 Å². The van der Waals surface area contributed by atoms with Gasteiger partial charge in [0.05, 0.1) is 6.61 Å². The van der Waals surface area contributed by atoms with Crippen LogP contribution in [0.3, 0.4) is 0 Å². The molecule has 1 aromatic rings. The lowest BCUT2D eigenvalue weighted by molar-refractivity contribution is 0.202. The standard InChI is InChI=1S/C13H21BrN2O/c1-4-11(5-2)16(9-10-17-3)13-8-6-7-12(14)15-13/h6-8,11H,4-5,9-10H2,1-3H3. The quantitative estimate of drug-likeness (QED) is 0.721. The van der Waals surface area contributed by atoms with E-state index in [1.165, 1.54) is 0 Å². The third-order valence-electron chi connectivity index (χ3n) is 2.91. The van der Waals surface area contributed by atoms with E-state index in [-0.39, 0.29) is 0 Å². The Kier molecular flexibility index (Phi) is 6.52. The molecule has 1 heterocycles. The molecule has 0 aliphatic rings. The summed E-state index contributed by atoms with van der Waals surface area (Å²) in [6, 6.07) is 6.55. The third-order valence-corrected chi connectivity index (χ3v) is 3.36. The lowest BCUT2D eigenvalue weighted by atomic mass is 10.1. The molecule has 0 radical (unpaired) electrons. The molecule has 0 saturated carbocycles. The summed E-state index contributed by atoms with van der Waals surface area (Å²) in [5.74, 6) is 1.02. The van der Waals surface area contributed by atoms with E-state index in [1.807, 2.05) is 12.1 Å². The van der Waals surface area contributed by atoms with Gasteiger partial charge in [0.1, 0.15) is 10.4 Å². The number of nitrogens with zero attached hydrogens (tertiary/aromatic N) is 2. The highest BCUT2D eigenvalue weighted by atomic mass is 79.9. The number of methoxy groups -OCH3 is 1. The second kappa shape index (κ2) is 7.67. The fourth-order valence-corrected chi connectivity index (χ4v) is 2.30. The highest BCUT2D eigenvalue weighted by Gasteiger charge is 2.16. The van der Waals surface area contributed by atoms with Crippen molar-refractivity contribution in [1.29, 1.82) is 0 Å². The summed E-state index contributed by atoms with van der Waals surface area (Å²) in [7, 11) is 1.74. The minimum absolute atomic E-state index is 0.520. The third kappa shape index (κ3) is 4.28. The Labute approximate surface area is 112 Å². The van der Waals surface area contributed by atoms with Crippen LogP contribution in [0.15, 0.2) is 22.8 Å². The number of pyridine rings is 1. The molecule has 0 amide bonds. The van der Waals surface area contributed by atoms with Crippen molar-refractivity contribution in [3.05, 3.63) is 22.8 Å². The topological polar surface area (TPSA) is 25.4 Å². The van der Waals surface area contributed by atoms with Gasteiger partial charge in [-0.3, -0.25) is 0 Å². The molecule has 0 aromatic carbocycles. The van der Waals surface area contributed by atoms with Crippen molar-refractivity contribution < 1.29 is 4.74 Å². The van der Waals surface area contributed by atoms with Crippen LogP contribution in [0.5, 0.6) is 0 Å². The molecule has 1 rings (SSSR count). The summed E-state index contributed by atoms with van der Waals surface area (Å²) < 4.78 is 6.06. The summed E-state index contributed by atoms with van der Waals surface area (Å²) >= 11 is 3.42. The summed E-state index contributed by atoms with van der Waals surface area (Å²) in [6.07, 6.45) is 2.24. The van der Waals surface area contributed by atoms with Crippen molar-refractivity contribution in [2.45, 2.75) is 32.7 Å². The zero-order valence-corrected chi connectivity index (χ0v) is 12.4. The van der Waals surface area contributed by atoms with Gasteiger partial charge in [0.25, 0.3) is 0 Å². The Bertz CT molecular complexity index is 329. The first kappa shape index (κ1) is 14.5. The van der Waals surface area contributed by atoms with Crippen LogP contribution in [0.1, 0.15) is 26.7 Å². The van der Waals surface area contributed by atoms with E-state index in [0.29, 0.717) is 6.04 Å². The van der Waals surface area contributed by atoms with Gasteiger partial charge in [-0.2, -0.15) is 0 Å². The van der Waals surface area contributed by atoms with E-state index in [1.54, 1.807) is 7.11 Å². The smallest absolute Gasteiger partial charge is 0.130 e. The van der Waals surface area contributed by atoms with Crippen LogP contribution < -0.4 is 4.90 Å². The average Bonchev–Trinajstić information content (AvgIpc) is 2.34. The summed E-state index contributed by atoms with van der Waals surface area (Å²) in [5, 5.41) is 0. The van der Waals surface area contributed by atoms with Gasteiger partial charge in [0.2, 0.25) is 0 Å². The van der Waals surface area contributed by atoms with Gasteiger partial charge < -0.3 is 9.64 Å². The maximum Gasteiger partial charge on any atom is 0.130 e. The zero-order valence-electron chi connectivity index (χ0n) is 10.8. The van der Waals surface area contributed by atoms with E-state index < -0.39 is 0 Å². The number of ether oxygens (including phenoxy) is 1. The van der Waals surface area contributed by atoms with Gasteiger partial charge >= 0.3 is 0 Å². The minimum Gasteiger partial charge on any atom is -0.383 e. The van der Waals surface area contributed by atoms with Crippen LogP contribution in [-0.2, 0) is 4.74 Å². The number of halogens is 1. The number of anilines is 1. The van der Waals surface area contributed by atoms with Crippen LogP contribution in [0.2, 0.25) is 0 Å². The molecule has 0 unspecified atom stereocenters. The van der Waals surface area contributed by atoms with Crippen molar-refractivity contribution >= 4 is 21.7 Å². The van der Waals surface area contributed by atoms with Crippen molar-refractivity contribution in [2.75, 3.05) is 25.2 Å². The van der Waals surface area contributed by atoms with Crippen molar-refractivity contribution in [3.63, 3.8) is 0 Å². The fraction of sp³-hybridized carbons (Fsp3) is 0.615. The SMILES string of the molecule is CCC(CC)N(CCOC)c1cccc(Br)n1. The summed E-state index contributed by atoms with van der Waals surface area (Å²) in [4.78, 5) is 6.86. The highest BCUT2D eigenvalue weighted by molar-refractivity contribution is 9.10. The minimum atomic E-state index is 0.520. The molecule has 1 aromatic heterocycles. The van der Waals surface area contributed by atoms with Gasteiger partial charge in [0, 0.05) is 19.7 Å². The van der Waals surface area contributed by atoms with E-state index in [0.717, 1.165) is 36.4 Å². The molecular weight excluding hydrogens is 280 g/mol. The summed E-state index contributed by atoms with van der Waals surface area (Å²) in [5.41, 5.74) is 0. The van der Waals surface area contributed by atoms with Crippen molar-refractivity contribution in [1.82, 2.24) is 4.98 Å². The van der Waals surface area contributed by atoms with Crippen LogP contribution >= 0.6 is 15.9 Å². The van der Waals surface area contributed by atoms with E-state index >= 15 is 0 Å². The first-order valence-corrected chi connectivity index (χ1v) is 6.90. The van der Waals surface area contributed by atoms with Crippen LogP contribution in [0, 0.1) is 0 Å². The molecule has 0 saturated heterocycles. The normalized spacial score (nSPS) is 10.9. The van der Waals surface area contributed by atoms with Crippen molar-refractivity contribution in [3.8, 4) is 0 Å². The second-order valence-electron chi connectivity index (χ2n) is 3.98. The Hall–Kier alpha value is -0.610. The van der Waals surface area contributed by atoms with Crippen LogP contribution in [-0.4, -0.2) is 31.3 Å². The maximum atomic E-state index is 5.18. The summed E-state index contributed by atoms with van der Waals surface area (Å²) in [6.45, 7) is 6.04. The molecule has 17 heavy (non-hydrogen) atoms. The average molecular weight is 301 g/mol. The van der Waals surface area contributed by atoms with Gasteiger partial charge in [-0.1, -0.05) is 19.9 Å². The maximum absolute atomic E-state index is 5.18. The monoisotopic (exact) mass is 300 g/mol. The number of aromatic nitrogens is 1. The van der Waals surface area contributed by atoms with Crippen LogP contribution in [0.25, 0.3) is 0 Å². The number of hydrogen-bond acceptors (Lipinski definition) is 3. The first-order valence-electron chi connectivity index (χ1n) is 6.11. The Morgan fingerprint density at radius 1 is 1.35 bits per heavy atom. The lowest BCUT2D eigenvalue weighted by Crippen LogP contribution is -2.37. The molecular formula is C13H21BrN2O. The molecule has 0 fully saturated rings. The Morgan fingerprint density at radius 3 is 2.59 bits per heavy atom. The predicted molar refractivity (Wildman–Crippen MR) is 75.5 cm³/mol. The molecule has 3 nitrogen and oxygen atoms in total. The molecule has 0 N–H and O–H groups in total. The Balaban J connectivity index is 2.88. The van der Waals surface area contributed by atoms with E-state index in [2.05, 4.69) is 45.7 Å². The number of hydrogen-bond donors (Lipinski definition) is 0. The molecule has 4 heteroatoms. The molecule has 0 aliphatic carbocycles. The van der Waals surface area contributed by atoms with E-state index in [4.69, 9.17) is 4.74 Å². The second-order valence-corrected chi connectivity index (χ2v) is 4.79. The predicted octanol–water partition coefficient (Wildman–Crippen LogP) is 3.49. The fourth-order valence-electron chi connectivity index (χ4n) is 1.96. The highest BCUT2D eigenvalue weighted by Crippen LogP contribution is 2.20. The Morgan fingerprint density at radius 2 is 2.06 bits per heavy atom. The molecule has 0 spiro atoms. The van der Waals surface area contributed by atoms with Gasteiger partial charge in [-0.15, -0.1) is 0 Å². The lowest BCUT2D eigenvalue weighted by Gasteiger charge is -2.31. The van der Waals surface area contributed by atoms with Gasteiger partial charge in [-0.25, -0.2) is 4.98 Å². The van der Waals surface area contributed by atoms with Crippen LogP contribution in [0.4, 0.5) is 5.82 Å². The first-order chi connectivity index (χ1) is 8.22. The molecule has 0 atom stereocenters. The molecule has 96 valence electrons. The number of rotatable bonds is 7. The molecule has 0 aliphatic heterocycles. The van der Waals surface area contributed by atoms with E-state index in [9.17, 15) is 0 Å². The largest absolute Gasteiger partial charge is 0.383 e.